The van der Waals surface area contributed by atoms with Crippen molar-refractivity contribution in [3.05, 3.63) is 47.5 Å². The Morgan fingerprint density at radius 2 is 1.68 bits per heavy atom. The molecule has 5 rings (SSSR count). The molecule has 2 saturated carbocycles. The van der Waals surface area contributed by atoms with E-state index in [1.54, 1.807) is 0 Å². The Bertz CT molecular complexity index is 753. The van der Waals surface area contributed by atoms with E-state index in [1.807, 2.05) is 12.1 Å². The van der Waals surface area contributed by atoms with Crippen LogP contribution in [-0.4, -0.2) is 16.8 Å². The number of nitrogens with zero attached hydrogens (tertiary/aromatic N) is 1. The zero-order valence-electron chi connectivity index (χ0n) is 12.8. The molecule has 0 unspecified atom stereocenters. The van der Waals surface area contributed by atoms with Gasteiger partial charge in [-0.05, 0) is 47.4 Å². The second-order valence-corrected chi connectivity index (χ2v) is 7.42. The highest BCUT2D eigenvalue weighted by atomic mass is 16.2. The fraction of sp³-hybridized carbons (Fsp3) is 0.450. The Hall–Kier alpha value is -1.83. The molecule has 0 N–H and O–H groups in total. The minimum absolute atomic E-state index is 0.276. The summed E-state index contributed by atoms with van der Waals surface area (Å²) >= 11 is 0. The van der Waals surface area contributed by atoms with Gasteiger partial charge in [0.1, 0.15) is 0 Å². The lowest BCUT2D eigenvalue weighted by Crippen LogP contribution is -2.39. The van der Waals surface area contributed by atoms with E-state index in [4.69, 9.17) is 0 Å². The van der Waals surface area contributed by atoms with Crippen molar-refractivity contribution in [3.8, 4) is 0 Å². The molecular formula is C20H21NO. The van der Waals surface area contributed by atoms with E-state index in [0.717, 1.165) is 29.3 Å². The van der Waals surface area contributed by atoms with Gasteiger partial charge in [0.25, 0.3) is 5.91 Å². The fourth-order valence-corrected chi connectivity index (χ4v) is 5.12. The lowest BCUT2D eigenvalue weighted by molar-refractivity contribution is 0.0617. The van der Waals surface area contributed by atoms with Crippen molar-refractivity contribution in [2.24, 2.45) is 11.8 Å². The minimum atomic E-state index is 0.276. The third kappa shape index (κ3) is 1.76. The largest absolute Gasteiger partial charge is 0.331 e. The molecular weight excluding hydrogens is 270 g/mol. The quantitative estimate of drug-likeness (QED) is 0.764. The molecule has 1 amide bonds. The Labute approximate surface area is 131 Å². The third-order valence-corrected chi connectivity index (χ3v) is 6.13. The number of carbonyl (C=O) groups is 1. The van der Waals surface area contributed by atoms with Gasteiger partial charge in [0.05, 0.1) is 5.56 Å². The fourth-order valence-electron chi connectivity index (χ4n) is 5.12. The van der Waals surface area contributed by atoms with Crippen molar-refractivity contribution in [1.29, 1.82) is 0 Å². The maximum absolute atomic E-state index is 13.1. The van der Waals surface area contributed by atoms with E-state index < -0.39 is 0 Å². The van der Waals surface area contributed by atoms with Gasteiger partial charge < -0.3 is 4.90 Å². The number of rotatable bonds is 1. The summed E-state index contributed by atoms with van der Waals surface area (Å²) < 4.78 is 0. The molecule has 1 heterocycles. The minimum Gasteiger partial charge on any atom is -0.331 e. The van der Waals surface area contributed by atoms with Crippen LogP contribution in [0.4, 0.5) is 0 Å². The first-order chi connectivity index (χ1) is 10.8. The van der Waals surface area contributed by atoms with Crippen LogP contribution in [0.5, 0.6) is 0 Å². The van der Waals surface area contributed by atoms with Gasteiger partial charge >= 0.3 is 0 Å². The summed E-state index contributed by atoms with van der Waals surface area (Å²) in [7, 11) is 0. The van der Waals surface area contributed by atoms with Gasteiger partial charge in [-0.2, -0.15) is 0 Å². The van der Waals surface area contributed by atoms with Crippen LogP contribution in [-0.2, 0) is 6.54 Å². The van der Waals surface area contributed by atoms with Crippen LogP contribution in [0.2, 0.25) is 0 Å². The van der Waals surface area contributed by atoms with Crippen LogP contribution < -0.4 is 0 Å². The van der Waals surface area contributed by atoms with E-state index in [0.29, 0.717) is 6.04 Å². The third-order valence-electron chi connectivity index (χ3n) is 6.13. The number of hydrogen-bond donors (Lipinski definition) is 0. The smallest absolute Gasteiger partial charge is 0.255 e. The van der Waals surface area contributed by atoms with Gasteiger partial charge in [-0.3, -0.25) is 4.79 Å². The molecule has 3 atom stereocenters. The van der Waals surface area contributed by atoms with E-state index in [9.17, 15) is 4.79 Å². The molecule has 2 nitrogen and oxygen atoms in total. The molecule has 2 heteroatoms. The monoisotopic (exact) mass is 291 g/mol. The van der Waals surface area contributed by atoms with E-state index in [-0.39, 0.29) is 5.91 Å². The lowest BCUT2D eigenvalue weighted by atomic mass is 9.85. The van der Waals surface area contributed by atoms with Crippen molar-refractivity contribution < 1.29 is 4.79 Å². The van der Waals surface area contributed by atoms with Crippen LogP contribution >= 0.6 is 0 Å². The van der Waals surface area contributed by atoms with Crippen LogP contribution in [0.3, 0.4) is 0 Å². The van der Waals surface area contributed by atoms with E-state index in [1.165, 1.54) is 43.1 Å². The topological polar surface area (TPSA) is 20.3 Å². The molecule has 1 aliphatic heterocycles. The lowest BCUT2D eigenvalue weighted by Gasteiger charge is -2.34. The van der Waals surface area contributed by atoms with Crippen molar-refractivity contribution in [3.63, 3.8) is 0 Å². The molecule has 0 spiro atoms. The Morgan fingerprint density at radius 3 is 2.50 bits per heavy atom. The maximum Gasteiger partial charge on any atom is 0.255 e. The average molecular weight is 291 g/mol. The number of benzene rings is 2. The Morgan fingerprint density at radius 1 is 0.909 bits per heavy atom. The Kier molecular flexibility index (Phi) is 2.64. The summed E-state index contributed by atoms with van der Waals surface area (Å²) in [5, 5.41) is 2.31. The summed E-state index contributed by atoms with van der Waals surface area (Å²) in [4.78, 5) is 15.3. The first kappa shape index (κ1) is 12.7. The summed E-state index contributed by atoms with van der Waals surface area (Å²) in [5.41, 5.74) is 2.19. The predicted octanol–water partition coefficient (Wildman–Crippen LogP) is 4.37. The van der Waals surface area contributed by atoms with Gasteiger partial charge in [0, 0.05) is 12.6 Å². The van der Waals surface area contributed by atoms with E-state index >= 15 is 0 Å². The second-order valence-electron chi connectivity index (χ2n) is 7.42. The average Bonchev–Trinajstić information content (AvgIpc) is 3.07. The van der Waals surface area contributed by atoms with Gasteiger partial charge in [-0.1, -0.05) is 49.2 Å². The molecule has 22 heavy (non-hydrogen) atoms. The zero-order valence-corrected chi connectivity index (χ0v) is 12.8. The normalized spacial score (nSPS) is 30.1. The molecule has 112 valence electrons. The molecule has 0 saturated heterocycles. The van der Waals surface area contributed by atoms with Crippen LogP contribution in [0.1, 0.15) is 48.0 Å². The van der Waals surface area contributed by atoms with Gasteiger partial charge in [0.15, 0.2) is 0 Å². The zero-order chi connectivity index (χ0) is 14.7. The van der Waals surface area contributed by atoms with Crippen molar-refractivity contribution in [1.82, 2.24) is 4.90 Å². The van der Waals surface area contributed by atoms with Crippen molar-refractivity contribution >= 4 is 16.7 Å². The molecule has 2 fully saturated rings. The first-order valence-corrected chi connectivity index (χ1v) is 8.61. The highest BCUT2D eigenvalue weighted by molar-refractivity contribution is 6.10. The Balaban J connectivity index is 1.53. The highest BCUT2D eigenvalue weighted by Gasteiger charge is 2.41. The summed E-state index contributed by atoms with van der Waals surface area (Å²) in [5.74, 6) is 2.02. The van der Waals surface area contributed by atoms with Gasteiger partial charge in [-0.15, -0.1) is 0 Å². The standard InChI is InChI=1S/C20H21NO/c22-20-19-16(8-7-15-3-1-2-4-18(15)19)12-21(20)17-10-13-5-6-14(9-13)11-17/h1-4,7-8,13-14,17H,5-6,9-12H2/t13-,14+,17-. The number of fused-ring (bicyclic) bond motifs is 5. The number of amides is 1. The van der Waals surface area contributed by atoms with Crippen LogP contribution in [0.15, 0.2) is 36.4 Å². The van der Waals surface area contributed by atoms with Crippen molar-refractivity contribution in [2.75, 3.05) is 0 Å². The summed E-state index contributed by atoms with van der Waals surface area (Å²) in [6.45, 7) is 0.823. The molecule has 0 aromatic heterocycles. The van der Waals surface area contributed by atoms with Gasteiger partial charge in [-0.25, -0.2) is 0 Å². The second kappa shape index (κ2) is 4.58. The molecule has 2 aromatic carbocycles. The van der Waals surface area contributed by atoms with Crippen molar-refractivity contribution in [2.45, 2.75) is 44.7 Å². The van der Waals surface area contributed by atoms with Gasteiger partial charge in [0.2, 0.25) is 0 Å². The summed E-state index contributed by atoms with van der Waals surface area (Å²) in [6, 6.07) is 13.1. The molecule has 2 aliphatic carbocycles. The number of hydrogen-bond acceptors (Lipinski definition) is 1. The van der Waals surface area contributed by atoms with Crippen LogP contribution in [0.25, 0.3) is 10.8 Å². The number of carbonyl (C=O) groups excluding carboxylic acids is 1. The highest BCUT2D eigenvalue weighted by Crippen LogP contribution is 2.45. The molecule has 3 aliphatic rings. The van der Waals surface area contributed by atoms with E-state index in [2.05, 4.69) is 29.2 Å². The molecule has 0 radical (unpaired) electrons. The summed E-state index contributed by atoms with van der Waals surface area (Å²) in [6.07, 6.45) is 6.65. The molecule has 2 bridgehead atoms. The first-order valence-electron chi connectivity index (χ1n) is 8.61. The predicted molar refractivity (Wildman–Crippen MR) is 87.7 cm³/mol. The molecule has 2 aromatic rings. The van der Waals surface area contributed by atoms with Crippen LogP contribution in [0, 0.1) is 11.8 Å². The SMILES string of the molecule is O=C1c2c(ccc3ccccc23)CN1[C@@H]1C[C@@H]2CC[C@@H](C2)C1. The maximum atomic E-state index is 13.1.